The fourth-order valence-corrected chi connectivity index (χ4v) is 5.70. The molecule has 2 aliphatic heterocycles. The van der Waals surface area contributed by atoms with Crippen molar-refractivity contribution in [2.75, 3.05) is 11.4 Å². The van der Waals surface area contributed by atoms with Crippen molar-refractivity contribution in [3.63, 3.8) is 0 Å². The fraction of sp³-hybridized carbons (Fsp3) is 0.346. The molecule has 9 heteroatoms. The van der Waals surface area contributed by atoms with Crippen LogP contribution in [0, 0.1) is 17.2 Å². The summed E-state index contributed by atoms with van der Waals surface area (Å²) >= 11 is 0. The van der Waals surface area contributed by atoms with Crippen LogP contribution in [-0.2, 0) is 11.8 Å². The number of aryl methyl sites for hydroxylation is 1. The highest BCUT2D eigenvalue weighted by atomic mass is 16.1. The smallest absolute Gasteiger partial charge is 0.217 e. The van der Waals surface area contributed by atoms with Crippen molar-refractivity contribution in [2.45, 2.75) is 38.3 Å². The van der Waals surface area contributed by atoms with Crippen LogP contribution in [0.5, 0.6) is 0 Å². The maximum Gasteiger partial charge on any atom is 0.217 e. The maximum absolute atomic E-state index is 11.6. The van der Waals surface area contributed by atoms with E-state index in [9.17, 15) is 10.1 Å². The highest BCUT2D eigenvalue weighted by Gasteiger charge is 2.41. The first-order valence-electron chi connectivity index (χ1n) is 11.9. The summed E-state index contributed by atoms with van der Waals surface area (Å²) in [7, 11) is 1.89. The molecule has 2 saturated heterocycles. The monoisotopic (exact) mass is 466 g/mol. The number of hydrogen-bond acceptors (Lipinski definition) is 6. The van der Waals surface area contributed by atoms with Crippen molar-refractivity contribution in [2.24, 2.45) is 13.0 Å². The van der Waals surface area contributed by atoms with Gasteiger partial charge in [-0.2, -0.15) is 15.5 Å². The van der Waals surface area contributed by atoms with Crippen LogP contribution >= 0.6 is 0 Å². The second kappa shape index (κ2) is 8.24. The van der Waals surface area contributed by atoms with E-state index in [1.165, 1.54) is 0 Å². The Labute approximate surface area is 203 Å². The topological polar surface area (TPSA) is 104 Å². The largest absolute Gasteiger partial charge is 0.353 e. The highest BCUT2D eigenvalue weighted by Crippen LogP contribution is 2.38. The van der Waals surface area contributed by atoms with E-state index < -0.39 is 0 Å². The standard InChI is InChI=1S/C26H26N8O/c1-16(35)31-24-8-22-5-3-18(24)14-33(22)25-6-4-17(10-28-25)23-7-19(21-12-29-32(2)13-21)15-34-26(23)20(9-27)11-30-34/h4,6-7,10-13,15,18,22,24H,3,5,8,14H2,1-2H3,(H,31,35). The number of fused-ring (bicyclic) bond motifs is 4. The van der Waals surface area contributed by atoms with Crippen LogP contribution < -0.4 is 10.2 Å². The number of carbonyl (C=O) groups excluding carboxylic acids is 1. The summed E-state index contributed by atoms with van der Waals surface area (Å²) in [6.07, 6.45) is 12.4. The molecule has 35 heavy (non-hydrogen) atoms. The number of anilines is 1. The van der Waals surface area contributed by atoms with Gasteiger partial charge < -0.3 is 10.2 Å². The van der Waals surface area contributed by atoms with Gasteiger partial charge in [-0.3, -0.25) is 9.48 Å². The van der Waals surface area contributed by atoms with Gasteiger partial charge in [-0.1, -0.05) is 0 Å². The van der Waals surface area contributed by atoms with E-state index in [0.29, 0.717) is 17.5 Å². The molecule has 4 aromatic rings. The maximum atomic E-state index is 11.6. The predicted molar refractivity (Wildman–Crippen MR) is 131 cm³/mol. The van der Waals surface area contributed by atoms with Gasteiger partial charge in [-0.15, -0.1) is 0 Å². The summed E-state index contributed by atoms with van der Waals surface area (Å²) in [5.74, 6) is 1.46. The lowest BCUT2D eigenvalue weighted by Gasteiger charge is -2.50. The molecule has 3 atom stereocenters. The molecule has 0 aromatic carbocycles. The van der Waals surface area contributed by atoms with Crippen LogP contribution in [0.2, 0.25) is 0 Å². The van der Waals surface area contributed by atoms with Gasteiger partial charge in [0.2, 0.25) is 5.91 Å². The van der Waals surface area contributed by atoms with Gasteiger partial charge >= 0.3 is 0 Å². The van der Waals surface area contributed by atoms with Gasteiger partial charge in [0, 0.05) is 73.4 Å². The quantitative estimate of drug-likeness (QED) is 0.495. The third-order valence-corrected chi connectivity index (χ3v) is 7.35. The van der Waals surface area contributed by atoms with E-state index in [0.717, 1.165) is 59.4 Å². The molecule has 9 nitrogen and oxygen atoms in total. The molecular formula is C26H26N8O. The third-order valence-electron chi connectivity index (χ3n) is 7.35. The molecule has 1 saturated carbocycles. The Morgan fingerprint density at radius 2 is 2.00 bits per heavy atom. The molecule has 6 heterocycles. The zero-order valence-corrected chi connectivity index (χ0v) is 19.7. The van der Waals surface area contributed by atoms with Crippen molar-refractivity contribution in [1.29, 1.82) is 5.26 Å². The molecule has 3 aliphatic rings. The third kappa shape index (κ3) is 3.71. The molecule has 1 aliphatic carbocycles. The minimum absolute atomic E-state index is 0.0491. The number of nitrogens with one attached hydrogen (secondary N) is 1. The van der Waals surface area contributed by atoms with E-state index >= 15 is 0 Å². The molecular weight excluding hydrogens is 440 g/mol. The average Bonchev–Trinajstić information content (AvgIpc) is 3.49. The first-order valence-corrected chi connectivity index (χ1v) is 11.9. The van der Waals surface area contributed by atoms with E-state index in [-0.39, 0.29) is 11.9 Å². The van der Waals surface area contributed by atoms with Crippen molar-refractivity contribution in [3.05, 3.63) is 54.7 Å². The lowest BCUT2D eigenvalue weighted by atomic mass is 9.76. The Bertz CT molecular complexity index is 1460. The molecule has 176 valence electrons. The van der Waals surface area contributed by atoms with Crippen LogP contribution in [0.4, 0.5) is 5.82 Å². The van der Waals surface area contributed by atoms with Crippen molar-refractivity contribution >= 4 is 17.2 Å². The summed E-state index contributed by atoms with van der Waals surface area (Å²) in [5, 5.41) is 21.5. The molecule has 4 aromatic heterocycles. The van der Waals surface area contributed by atoms with Crippen LogP contribution in [-0.4, -0.2) is 48.9 Å². The SMILES string of the molecule is CC(=O)NC1CC2CCC1CN2c1ccc(-c2cc(-c3cnn(C)c3)cn3ncc(C#N)c23)cn1. The molecule has 2 bridgehead atoms. The van der Waals surface area contributed by atoms with Crippen LogP contribution in [0.1, 0.15) is 31.7 Å². The number of pyridine rings is 2. The normalized spacial score (nSPS) is 21.3. The van der Waals surface area contributed by atoms with Crippen LogP contribution in [0.15, 0.2) is 49.2 Å². The van der Waals surface area contributed by atoms with E-state index in [2.05, 4.69) is 44.7 Å². The molecule has 3 fully saturated rings. The first-order chi connectivity index (χ1) is 17.0. The zero-order valence-electron chi connectivity index (χ0n) is 19.7. The molecule has 3 unspecified atom stereocenters. The van der Waals surface area contributed by atoms with Crippen LogP contribution in [0.25, 0.3) is 27.8 Å². The lowest BCUT2D eigenvalue weighted by Crippen LogP contribution is -2.59. The number of rotatable bonds is 4. The zero-order chi connectivity index (χ0) is 24.1. The van der Waals surface area contributed by atoms with E-state index in [4.69, 9.17) is 4.98 Å². The number of amides is 1. The van der Waals surface area contributed by atoms with E-state index in [1.54, 1.807) is 22.3 Å². The minimum Gasteiger partial charge on any atom is -0.353 e. The van der Waals surface area contributed by atoms with Gasteiger partial charge in [-0.05, 0) is 43.4 Å². The summed E-state index contributed by atoms with van der Waals surface area (Å²) in [6.45, 7) is 2.50. The first kappa shape index (κ1) is 21.4. The number of piperidine rings is 2. The number of hydrogen-bond donors (Lipinski definition) is 1. The number of aromatic nitrogens is 5. The summed E-state index contributed by atoms with van der Waals surface area (Å²) in [5.41, 5.74) is 5.08. The highest BCUT2D eigenvalue weighted by molar-refractivity contribution is 5.87. The Kier molecular flexibility index (Phi) is 5.02. The minimum atomic E-state index is 0.0491. The Balaban J connectivity index is 1.35. The number of nitriles is 1. The van der Waals surface area contributed by atoms with Gasteiger partial charge in [0.1, 0.15) is 11.9 Å². The van der Waals surface area contributed by atoms with Crippen LogP contribution in [0.3, 0.4) is 0 Å². The number of carbonyl (C=O) groups is 1. The lowest BCUT2D eigenvalue weighted by molar-refractivity contribution is -0.120. The van der Waals surface area contributed by atoms with Gasteiger partial charge in [0.05, 0.1) is 23.5 Å². The van der Waals surface area contributed by atoms with Gasteiger partial charge in [0.15, 0.2) is 0 Å². The van der Waals surface area contributed by atoms with Crippen molar-refractivity contribution < 1.29 is 4.79 Å². The van der Waals surface area contributed by atoms with Crippen molar-refractivity contribution in [1.82, 2.24) is 29.7 Å². The fourth-order valence-electron chi connectivity index (χ4n) is 5.70. The van der Waals surface area contributed by atoms with Crippen molar-refractivity contribution in [3.8, 4) is 28.3 Å². The molecule has 1 amide bonds. The summed E-state index contributed by atoms with van der Waals surface area (Å²) < 4.78 is 3.53. The second-order valence-electron chi connectivity index (χ2n) is 9.60. The Morgan fingerprint density at radius 1 is 1.11 bits per heavy atom. The molecule has 7 rings (SSSR count). The van der Waals surface area contributed by atoms with Gasteiger partial charge in [-0.25, -0.2) is 9.50 Å². The summed E-state index contributed by atoms with van der Waals surface area (Å²) in [6, 6.07) is 9.13. The Morgan fingerprint density at radius 3 is 2.66 bits per heavy atom. The molecule has 1 N–H and O–H groups in total. The summed E-state index contributed by atoms with van der Waals surface area (Å²) in [4.78, 5) is 18.8. The number of nitrogens with zero attached hydrogens (tertiary/aromatic N) is 7. The van der Waals surface area contributed by atoms with E-state index in [1.807, 2.05) is 31.8 Å². The average molecular weight is 467 g/mol. The Hall–Kier alpha value is -4.19. The molecule has 0 radical (unpaired) electrons. The molecule has 0 spiro atoms. The second-order valence-corrected chi connectivity index (χ2v) is 9.60. The van der Waals surface area contributed by atoms with Gasteiger partial charge in [0.25, 0.3) is 0 Å². The predicted octanol–water partition coefficient (Wildman–Crippen LogP) is 3.16.